The van der Waals surface area contributed by atoms with Gasteiger partial charge in [0, 0.05) is 6.54 Å². The Kier molecular flexibility index (Phi) is 7.97. The Morgan fingerprint density at radius 1 is 1.27 bits per heavy atom. The summed E-state index contributed by atoms with van der Waals surface area (Å²) in [5.41, 5.74) is -0.168. The molecule has 1 heterocycles. The normalized spacial score (nSPS) is 20.7. The van der Waals surface area contributed by atoms with Crippen molar-refractivity contribution < 1.29 is 23.2 Å². The van der Waals surface area contributed by atoms with Gasteiger partial charge < -0.3 is 9.64 Å². The van der Waals surface area contributed by atoms with Crippen molar-refractivity contribution in [3.63, 3.8) is 0 Å². The number of hydrogen-bond donors (Lipinski definition) is 1. The average molecular weight is 390 g/mol. The van der Waals surface area contributed by atoms with Crippen LogP contribution in [0.3, 0.4) is 0 Å². The third-order valence-corrected chi connectivity index (χ3v) is 5.15. The molecule has 1 aliphatic heterocycles. The summed E-state index contributed by atoms with van der Waals surface area (Å²) in [7, 11) is -1.58. The number of ether oxygens (including phenoxy) is 1. The summed E-state index contributed by atoms with van der Waals surface area (Å²) in [6.45, 7) is 10.5. The summed E-state index contributed by atoms with van der Waals surface area (Å²) < 4.78 is 34.3. The molecule has 0 radical (unpaired) electrons. The molecule has 2 unspecified atom stereocenters. The Labute approximate surface area is 156 Å². The predicted molar refractivity (Wildman–Crippen MR) is 104 cm³/mol. The SMILES string of the molecule is CC.C[PH+](O)c1ccc(C2CCN(C(=O)OC(C)(C)C)CC2(F)F)cc1. The van der Waals surface area contributed by atoms with Gasteiger partial charge >= 0.3 is 6.09 Å². The summed E-state index contributed by atoms with van der Waals surface area (Å²) >= 11 is 0. The number of likely N-dealkylation sites (tertiary alicyclic amines) is 1. The molecule has 2 rings (SSSR count). The lowest BCUT2D eigenvalue weighted by Crippen LogP contribution is -2.50. The fraction of sp³-hybridized carbons (Fsp3) is 0.632. The van der Waals surface area contributed by atoms with Crippen LogP contribution < -0.4 is 5.30 Å². The minimum atomic E-state index is -3.02. The maximum Gasteiger partial charge on any atom is 0.410 e. The lowest BCUT2D eigenvalue weighted by atomic mass is 9.86. The molecule has 0 bridgehead atoms. The van der Waals surface area contributed by atoms with Crippen molar-refractivity contribution >= 4 is 19.5 Å². The zero-order valence-electron chi connectivity index (χ0n) is 16.5. The highest BCUT2D eigenvalue weighted by Crippen LogP contribution is 2.40. The summed E-state index contributed by atoms with van der Waals surface area (Å²) in [6, 6.07) is 6.72. The van der Waals surface area contributed by atoms with Gasteiger partial charge in [0.25, 0.3) is 5.92 Å². The fourth-order valence-electron chi connectivity index (χ4n) is 2.79. The van der Waals surface area contributed by atoms with Crippen LogP contribution >= 0.6 is 8.15 Å². The van der Waals surface area contributed by atoms with E-state index in [0.29, 0.717) is 5.56 Å². The molecule has 1 amide bonds. The zero-order valence-corrected chi connectivity index (χ0v) is 17.5. The first-order chi connectivity index (χ1) is 12.0. The topological polar surface area (TPSA) is 49.8 Å². The monoisotopic (exact) mass is 390 g/mol. The van der Waals surface area contributed by atoms with Crippen LogP contribution in [0.1, 0.15) is 52.5 Å². The van der Waals surface area contributed by atoms with Gasteiger partial charge in [-0.1, -0.05) is 26.0 Å². The van der Waals surface area contributed by atoms with E-state index in [1.54, 1.807) is 51.7 Å². The first-order valence-corrected chi connectivity index (χ1v) is 10.9. The van der Waals surface area contributed by atoms with Crippen molar-refractivity contribution in [2.45, 2.75) is 58.5 Å². The molecule has 26 heavy (non-hydrogen) atoms. The summed E-state index contributed by atoms with van der Waals surface area (Å²) in [6.07, 6.45) is -0.524. The molecule has 0 aliphatic carbocycles. The maximum absolute atomic E-state index is 14.6. The summed E-state index contributed by atoms with van der Waals surface area (Å²) in [5, 5.41) is 0.790. The number of carbonyl (C=O) groups excluding carboxylic acids is 1. The number of alkyl halides is 2. The van der Waals surface area contributed by atoms with Gasteiger partial charge in [0.15, 0.2) is 8.15 Å². The van der Waals surface area contributed by atoms with E-state index in [0.717, 1.165) is 10.2 Å². The summed E-state index contributed by atoms with van der Waals surface area (Å²) in [4.78, 5) is 22.7. The van der Waals surface area contributed by atoms with Gasteiger partial charge in [-0.05, 0) is 44.9 Å². The van der Waals surface area contributed by atoms with Crippen LogP contribution in [0.25, 0.3) is 0 Å². The Bertz CT molecular complexity index is 585. The minimum absolute atomic E-state index is 0.175. The van der Waals surface area contributed by atoms with Crippen LogP contribution in [0.15, 0.2) is 24.3 Å². The van der Waals surface area contributed by atoms with Crippen LogP contribution in [0.4, 0.5) is 13.6 Å². The van der Waals surface area contributed by atoms with Crippen molar-refractivity contribution in [3.8, 4) is 0 Å². The molecule has 1 N–H and O–H groups in total. The van der Waals surface area contributed by atoms with Crippen LogP contribution in [0, 0.1) is 0 Å². The maximum atomic E-state index is 14.6. The fourth-order valence-corrected chi connectivity index (χ4v) is 3.44. The standard InChI is InChI=1S/C17H24F2NO3P.C2H6/c1-16(2,3)23-15(21)20-10-9-14(17(18,19)11-20)12-5-7-13(8-6-12)24(4)22;1-2/h5-8,14,22H,9-11H2,1-4H3;1-2H3/p+1. The van der Waals surface area contributed by atoms with E-state index in [1.165, 1.54) is 0 Å². The molecule has 4 nitrogen and oxygen atoms in total. The molecule has 1 saturated heterocycles. The van der Waals surface area contributed by atoms with Crippen molar-refractivity contribution in [3.05, 3.63) is 29.8 Å². The third kappa shape index (κ3) is 6.17. The number of carbonyl (C=O) groups is 1. The highest BCUT2D eigenvalue weighted by Gasteiger charge is 2.47. The van der Waals surface area contributed by atoms with Crippen molar-refractivity contribution in [1.82, 2.24) is 4.90 Å². The number of piperidine rings is 1. The molecule has 1 fully saturated rings. The molecule has 148 valence electrons. The number of amides is 1. The van der Waals surface area contributed by atoms with E-state index in [2.05, 4.69) is 0 Å². The first-order valence-electron chi connectivity index (χ1n) is 8.98. The van der Waals surface area contributed by atoms with Gasteiger partial charge in [0.1, 0.15) is 10.9 Å². The highest BCUT2D eigenvalue weighted by molar-refractivity contribution is 7.59. The van der Waals surface area contributed by atoms with E-state index in [4.69, 9.17) is 4.74 Å². The Morgan fingerprint density at radius 2 is 1.81 bits per heavy atom. The quantitative estimate of drug-likeness (QED) is 0.759. The molecular weight excluding hydrogens is 359 g/mol. The largest absolute Gasteiger partial charge is 0.444 e. The summed E-state index contributed by atoms with van der Waals surface area (Å²) in [5.74, 6) is -3.95. The zero-order chi connectivity index (χ0) is 20.1. The Hall–Kier alpha value is -1.26. The van der Waals surface area contributed by atoms with Crippen LogP contribution in [-0.2, 0) is 4.74 Å². The van der Waals surface area contributed by atoms with Crippen molar-refractivity contribution in [2.75, 3.05) is 19.8 Å². The molecule has 2 atom stereocenters. The Balaban J connectivity index is 0.00000163. The number of nitrogens with zero attached hydrogens (tertiary/aromatic N) is 1. The molecular formula is C19H31F2NO3P+. The predicted octanol–water partition coefficient (Wildman–Crippen LogP) is 4.45. The van der Waals surface area contributed by atoms with Gasteiger partial charge in [-0.3, -0.25) is 0 Å². The van der Waals surface area contributed by atoms with Crippen molar-refractivity contribution in [1.29, 1.82) is 0 Å². The van der Waals surface area contributed by atoms with Crippen LogP contribution in [0.2, 0.25) is 0 Å². The Morgan fingerprint density at radius 3 is 2.23 bits per heavy atom. The molecule has 7 heteroatoms. The number of hydrogen-bond acceptors (Lipinski definition) is 3. The lowest BCUT2D eigenvalue weighted by molar-refractivity contribution is -0.0848. The molecule has 1 aromatic rings. The molecule has 1 aliphatic rings. The smallest absolute Gasteiger partial charge is 0.410 e. The van der Waals surface area contributed by atoms with E-state index < -0.39 is 38.2 Å². The third-order valence-electron chi connectivity index (χ3n) is 3.98. The molecule has 0 aromatic heterocycles. The van der Waals surface area contributed by atoms with E-state index >= 15 is 0 Å². The second-order valence-electron chi connectivity index (χ2n) is 7.21. The van der Waals surface area contributed by atoms with E-state index in [1.807, 2.05) is 13.8 Å². The highest BCUT2D eigenvalue weighted by atomic mass is 31.1. The number of benzene rings is 1. The van der Waals surface area contributed by atoms with Crippen LogP contribution in [0.5, 0.6) is 0 Å². The average Bonchev–Trinajstić information content (AvgIpc) is 2.54. The molecule has 0 spiro atoms. The van der Waals surface area contributed by atoms with Gasteiger partial charge in [-0.15, -0.1) is 0 Å². The number of rotatable bonds is 2. The molecule has 1 aromatic carbocycles. The first kappa shape index (κ1) is 22.8. The molecule has 0 saturated carbocycles. The van der Waals surface area contributed by atoms with Gasteiger partial charge in [0.05, 0.1) is 19.1 Å². The van der Waals surface area contributed by atoms with Crippen molar-refractivity contribution in [2.24, 2.45) is 0 Å². The van der Waals surface area contributed by atoms with E-state index in [-0.39, 0.29) is 13.0 Å². The lowest BCUT2D eigenvalue weighted by Gasteiger charge is -2.39. The second kappa shape index (κ2) is 9.09. The van der Waals surface area contributed by atoms with Gasteiger partial charge in [-0.25, -0.2) is 18.5 Å². The van der Waals surface area contributed by atoms with Gasteiger partial charge in [-0.2, -0.15) is 0 Å². The van der Waals surface area contributed by atoms with Gasteiger partial charge in [0.2, 0.25) is 0 Å². The van der Waals surface area contributed by atoms with Crippen LogP contribution in [-0.4, -0.2) is 47.2 Å². The number of halogens is 2. The van der Waals surface area contributed by atoms with E-state index in [9.17, 15) is 18.5 Å². The second-order valence-corrected chi connectivity index (χ2v) is 8.96. The minimum Gasteiger partial charge on any atom is -0.444 e.